The molecule has 1 unspecified atom stereocenters. The van der Waals surface area contributed by atoms with E-state index in [1.54, 1.807) is 0 Å². The third kappa shape index (κ3) is 3.14. The maximum Gasteiger partial charge on any atom is 0.394 e. The summed E-state index contributed by atoms with van der Waals surface area (Å²) in [5.74, 6) is 0. The third-order valence-electron chi connectivity index (χ3n) is 5.42. The Bertz CT molecular complexity index is 482. The molecule has 1 fully saturated rings. The number of alkyl halides is 3. The standard InChI is InChI=1S/C17H23F3N2/c18-17(19,20)16(8-2-9-16)10-12-21-14-5-4-13-3-1-11-22-15(13)7-6-14/h1,3,11,14,21H,2,4-10,12H2. The summed E-state index contributed by atoms with van der Waals surface area (Å²) < 4.78 is 39.4. The first-order chi connectivity index (χ1) is 10.5. The lowest BCUT2D eigenvalue weighted by atomic mass is 9.66. The number of fused-ring (bicyclic) bond motifs is 1. The first-order valence-corrected chi connectivity index (χ1v) is 8.23. The lowest BCUT2D eigenvalue weighted by molar-refractivity contribution is -0.252. The predicted molar refractivity (Wildman–Crippen MR) is 79.6 cm³/mol. The Labute approximate surface area is 129 Å². The molecule has 0 spiro atoms. The van der Waals surface area contributed by atoms with Crippen LogP contribution < -0.4 is 5.32 Å². The number of rotatable bonds is 4. The molecule has 0 bridgehead atoms. The van der Waals surface area contributed by atoms with Crippen LogP contribution in [0.25, 0.3) is 0 Å². The van der Waals surface area contributed by atoms with E-state index < -0.39 is 11.6 Å². The van der Waals surface area contributed by atoms with Crippen molar-refractivity contribution in [3.8, 4) is 0 Å². The molecule has 1 aromatic heterocycles. The number of hydrogen-bond acceptors (Lipinski definition) is 2. The zero-order valence-electron chi connectivity index (χ0n) is 12.8. The van der Waals surface area contributed by atoms with Crippen molar-refractivity contribution in [2.75, 3.05) is 6.54 Å². The monoisotopic (exact) mass is 312 g/mol. The lowest BCUT2D eigenvalue weighted by Gasteiger charge is -2.43. The quantitative estimate of drug-likeness (QED) is 0.849. The van der Waals surface area contributed by atoms with Gasteiger partial charge in [0.2, 0.25) is 0 Å². The zero-order chi connectivity index (χ0) is 15.6. The molecule has 1 aromatic rings. The fourth-order valence-electron chi connectivity index (χ4n) is 3.71. The van der Waals surface area contributed by atoms with Gasteiger partial charge in [0.15, 0.2) is 0 Å². The third-order valence-corrected chi connectivity index (χ3v) is 5.42. The highest BCUT2D eigenvalue weighted by molar-refractivity contribution is 5.21. The average Bonchev–Trinajstić information content (AvgIpc) is 2.63. The van der Waals surface area contributed by atoms with E-state index in [2.05, 4.69) is 16.4 Å². The van der Waals surface area contributed by atoms with Crippen LogP contribution in [0.2, 0.25) is 0 Å². The summed E-state index contributed by atoms with van der Waals surface area (Å²) >= 11 is 0. The summed E-state index contributed by atoms with van der Waals surface area (Å²) in [7, 11) is 0. The van der Waals surface area contributed by atoms with Crippen LogP contribution in [-0.4, -0.2) is 23.7 Å². The van der Waals surface area contributed by atoms with Crippen molar-refractivity contribution in [1.82, 2.24) is 10.3 Å². The second kappa shape index (κ2) is 6.19. The van der Waals surface area contributed by atoms with Crippen LogP contribution in [0.4, 0.5) is 13.2 Å². The number of pyridine rings is 1. The van der Waals surface area contributed by atoms with E-state index in [0.29, 0.717) is 31.8 Å². The first-order valence-electron chi connectivity index (χ1n) is 8.23. The molecule has 2 nitrogen and oxygen atoms in total. The molecule has 0 radical (unpaired) electrons. The summed E-state index contributed by atoms with van der Waals surface area (Å²) in [6.07, 6.45) is 3.13. The number of hydrogen-bond donors (Lipinski definition) is 1. The van der Waals surface area contributed by atoms with E-state index >= 15 is 0 Å². The maximum atomic E-state index is 13.1. The van der Waals surface area contributed by atoms with Crippen LogP contribution in [0.15, 0.2) is 18.3 Å². The molecule has 122 valence electrons. The van der Waals surface area contributed by atoms with Gasteiger partial charge in [-0.25, -0.2) is 0 Å². The molecule has 0 aliphatic heterocycles. The lowest BCUT2D eigenvalue weighted by Crippen LogP contribution is -2.46. The fraction of sp³-hybridized carbons (Fsp3) is 0.706. The molecule has 3 rings (SSSR count). The highest BCUT2D eigenvalue weighted by Crippen LogP contribution is 2.55. The molecule has 5 heteroatoms. The normalized spacial score (nSPS) is 24.2. The van der Waals surface area contributed by atoms with Gasteiger partial charge in [0, 0.05) is 17.9 Å². The molecule has 1 saturated carbocycles. The van der Waals surface area contributed by atoms with Gasteiger partial charge in [0.05, 0.1) is 5.41 Å². The van der Waals surface area contributed by atoms with Crippen molar-refractivity contribution in [2.45, 2.75) is 63.6 Å². The Hall–Kier alpha value is -1.10. The van der Waals surface area contributed by atoms with Gasteiger partial charge in [0.25, 0.3) is 0 Å². The van der Waals surface area contributed by atoms with E-state index in [1.165, 1.54) is 5.56 Å². The molecule has 2 aliphatic carbocycles. The SMILES string of the molecule is FC(F)(F)C1(CCNC2CCc3cccnc3CC2)CCC1. The van der Waals surface area contributed by atoms with E-state index in [4.69, 9.17) is 0 Å². The number of aryl methyl sites for hydroxylation is 2. The first kappa shape index (κ1) is 15.8. The highest BCUT2D eigenvalue weighted by Gasteiger charge is 2.57. The Kier molecular flexibility index (Phi) is 4.44. The van der Waals surface area contributed by atoms with Crippen molar-refractivity contribution in [3.63, 3.8) is 0 Å². The molecule has 1 N–H and O–H groups in total. The Morgan fingerprint density at radius 2 is 2.00 bits per heavy atom. The van der Waals surface area contributed by atoms with E-state index in [9.17, 15) is 13.2 Å². The average molecular weight is 312 g/mol. The summed E-state index contributed by atoms with van der Waals surface area (Å²) in [6.45, 7) is 0.466. The maximum absolute atomic E-state index is 13.1. The van der Waals surface area contributed by atoms with E-state index in [-0.39, 0.29) is 6.42 Å². The van der Waals surface area contributed by atoms with Crippen LogP contribution in [-0.2, 0) is 12.8 Å². The number of nitrogens with one attached hydrogen (secondary N) is 1. The van der Waals surface area contributed by atoms with Crippen molar-refractivity contribution < 1.29 is 13.2 Å². The molecular weight excluding hydrogens is 289 g/mol. The molecule has 1 atom stereocenters. The van der Waals surface area contributed by atoms with E-state index in [0.717, 1.165) is 31.4 Å². The molecule has 1 heterocycles. The molecule has 0 saturated heterocycles. The van der Waals surface area contributed by atoms with Gasteiger partial charge in [-0.3, -0.25) is 4.98 Å². The van der Waals surface area contributed by atoms with Crippen LogP contribution in [0.5, 0.6) is 0 Å². The van der Waals surface area contributed by atoms with Gasteiger partial charge >= 0.3 is 6.18 Å². The van der Waals surface area contributed by atoms with Gasteiger partial charge in [-0.2, -0.15) is 13.2 Å². The minimum absolute atomic E-state index is 0.220. The topological polar surface area (TPSA) is 24.9 Å². The minimum Gasteiger partial charge on any atom is -0.314 e. The summed E-state index contributed by atoms with van der Waals surface area (Å²) in [5.41, 5.74) is 1.03. The molecule has 2 aliphatic rings. The molecule has 0 aromatic carbocycles. The number of nitrogens with zero attached hydrogens (tertiary/aromatic N) is 1. The highest BCUT2D eigenvalue weighted by atomic mass is 19.4. The van der Waals surface area contributed by atoms with Gasteiger partial charge in [0.1, 0.15) is 0 Å². The number of halogens is 3. The Balaban J connectivity index is 1.49. The largest absolute Gasteiger partial charge is 0.394 e. The predicted octanol–water partition coefficient (Wildman–Crippen LogP) is 4.04. The van der Waals surface area contributed by atoms with Crippen molar-refractivity contribution in [2.24, 2.45) is 5.41 Å². The Morgan fingerprint density at radius 3 is 2.68 bits per heavy atom. The van der Waals surface area contributed by atoms with Crippen LogP contribution in [0.1, 0.15) is 49.8 Å². The second-order valence-electron chi connectivity index (χ2n) is 6.72. The molecular formula is C17H23F3N2. The van der Waals surface area contributed by atoms with Crippen LogP contribution in [0.3, 0.4) is 0 Å². The van der Waals surface area contributed by atoms with Crippen molar-refractivity contribution in [3.05, 3.63) is 29.6 Å². The summed E-state index contributed by atoms with van der Waals surface area (Å²) in [4.78, 5) is 4.41. The van der Waals surface area contributed by atoms with E-state index in [1.807, 2.05) is 12.3 Å². The van der Waals surface area contributed by atoms with Gasteiger partial charge in [-0.15, -0.1) is 0 Å². The van der Waals surface area contributed by atoms with Crippen molar-refractivity contribution in [1.29, 1.82) is 0 Å². The van der Waals surface area contributed by atoms with Gasteiger partial charge < -0.3 is 5.32 Å². The smallest absolute Gasteiger partial charge is 0.314 e. The van der Waals surface area contributed by atoms with Gasteiger partial charge in [-0.05, 0) is 63.1 Å². The summed E-state index contributed by atoms with van der Waals surface area (Å²) in [5, 5.41) is 3.36. The van der Waals surface area contributed by atoms with Crippen LogP contribution in [0, 0.1) is 5.41 Å². The zero-order valence-corrected chi connectivity index (χ0v) is 12.8. The van der Waals surface area contributed by atoms with Gasteiger partial charge in [-0.1, -0.05) is 12.5 Å². The minimum atomic E-state index is -4.05. The Morgan fingerprint density at radius 1 is 1.23 bits per heavy atom. The second-order valence-corrected chi connectivity index (χ2v) is 6.72. The fourth-order valence-corrected chi connectivity index (χ4v) is 3.71. The molecule has 0 amide bonds. The summed E-state index contributed by atoms with van der Waals surface area (Å²) in [6, 6.07) is 4.37. The number of aromatic nitrogens is 1. The van der Waals surface area contributed by atoms with Crippen LogP contribution >= 0.6 is 0 Å². The van der Waals surface area contributed by atoms with Crippen molar-refractivity contribution >= 4 is 0 Å². The molecule has 22 heavy (non-hydrogen) atoms.